The highest BCUT2D eigenvalue weighted by molar-refractivity contribution is 7.89. The topological polar surface area (TPSA) is 157 Å². The van der Waals surface area contributed by atoms with Crippen molar-refractivity contribution in [2.45, 2.75) is 17.9 Å². The van der Waals surface area contributed by atoms with Crippen LogP contribution in [0.4, 0.5) is 11.4 Å². The number of hydrogen-bond donors (Lipinski definition) is 3. The number of sulfonamides is 1. The molecular formula is C10H12N6O4S. The maximum absolute atomic E-state index is 12.3. The summed E-state index contributed by atoms with van der Waals surface area (Å²) in [5.74, 6) is 0.289. The molecule has 10 nitrogen and oxygen atoms in total. The Morgan fingerprint density at radius 1 is 1.48 bits per heavy atom. The molecule has 0 aliphatic carbocycles. The zero-order chi connectivity index (χ0) is 15.6. The molecule has 0 spiro atoms. The van der Waals surface area contributed by atoms with Gasteiger partial charge in [-0.1, -0.05) is 0 Å². The van der Waals surface area contributed by atoms with Crippen LogP contribution in [-0.4, -0.2) is 28.5 Å². The molecule has 112 valence electrons. The summed E-state index contributed by atoms with van der Waals surface area (Å²) < 4.78 is 26.8. The molecule has 1 heterocycles. The lowest BCUT2D eigenvalue weighted by molar-refractivity contribution is -0.387. The van der Waals surface area contributed by atoms with Gasteiger partial charge in [-0.05, 0) is 19.1 Å². The van der Waals surface area contributed by atoms with Gasteiger partial charge < -0.3 is 5.73 Å². The van der Waals surface area contributed by atoms with Crippen LogP contribution in [0.3, 0.4) is 0 Å². The van der Waals surface area contributed by atoms with Crippen molar-refractivity contribution >= 4 is 21.4 Å². The van der Waals surface area contributed by atoms with Crippen molar-refractivity contribution in [2.24, 2.45) is 0 Å². The lowest BCUT2D eigenvalue weighted by Crippen LogP contribution is -2.28. The van der Waals surface area contributed by atoms with E-state index in [1.165, 1.54) is 19.3 Å². The second-order valence-corrected chi connectivity index (χ2v) is 5.88. The summed E-state index contributed by atoms with van der Waals surface area (Å²) in [5.41, 5.74) is 4.95. The van der Waals surface area contributed by atoms with Gasteiger partial charge in [-0.3, -0.25) is 15.2 Å². The third kappa shape index (κ3) is 3.14. The number of anilines is 1. The molecule has 2 aromatic rings. The molecule has 21 heavy (non-hydrogen) atoms. The Morgan fingerprint density at radius 3 is 2.76 bits per heavy atom. The number of aromatic nitrogens is 3. The minimum absolute atomic E-state index is 0.101. The smallest absolute Gasteiger partial charge is 0.291 e. The van der Waals surface area contributed by atoms with E-state index in [0.29, 0.717) is 0 Å². The van der Waals surface area contributed by atoms with Crippen molar-refractivity contribution < 1.29 is 13.3 Å². The highest BCUT2D eigenvalue weighted by atomic mass is 32.2. The fraction of sp³-hybridized carbons (Fsp3) is 0.200. The summed E-state index contributed by atoms with van der Waals surface area (Å²) in [7, 11) is -4.11. The average molecular weight is 312 g/mol. The van der Waals surface area contributed by atoms with Crippen LogP contribution < -0.4 is 10.5 Å². The Labute approximate surface area is 119 Å². The number of hydrogen-bond acceptors (Lipinski definition) is 7. The van der Waals surface area contributed by atoms with E-state index in [4.69, 9.17) is 5.73 Å². The van der Waals surface area contributed by atoms with Gasteiger partial charge >= 0.3 is 0 Å². The standard InChI is InChI=1S/C10H12N6O4S/c1-6(10-12-5-13-14-10)15-21(19,20)9-3-2-7(11)4-8(9)16(17)18/h2-6,15H,11H2,1H3,(H,12,13,14). The van der Waals surface area contributed by atoms with E-state index in [2.05, 4.69) is 19.9 Å². The third-order valence-corrected chi connectivity index (χ3v) is 4.23. The number of aromatic amines is 1. The lowest BCUT2D eigenvalue weighted by Gasteiger charge is -2.12. The van der Waals surface area contributed by atoms with Crippen molar-refractivity contribution in [2.75, 3.05) is 5.73 Å². The fourth-order valence-electron chi connectivity index (χ4n) is 1.68. The average Bonchev–Trinajstić information content (AvgIpc) is 2.91. The number of rotatable bonds is 5. The molecule has 1 aromatic heterocycles. The van der Waals surface area contributed by atoms with Gasteiger partial charge in [0.15, 0.2) is 4.90 Å². The first kappa shape index (κ1) is 14.9. The molecule has 2 rings (SSSR count). The minimum atomic E-state index is -4.11. The number of H-pyrrole nitrogens is 1. The maximum Gasteiger partial charge on any atom is 0.291 e. The predicted molar refractivity (Wildman–Crippen MR) is 72.6 cm³/mol. The van der Waals surface area contributed by atoms with Gasteiger partial charge in [0.05, 0.1) is 11.0 Å². The van der Waals surface area contributed by atoms with Gasteiger partial charge in [0.2, 0.25) is 10.0 Å². The molecular weight excluding hydrogens is 300 g/mol. The Morgan fingerprint density at radius 2 is 2.19 bits per heavy atom. The molecule has 1 aromatic carbocycles. The van der Waals surface area contributed by atoms with Gasteiger partial charge in [-0.15, -0.1) is 0 Å². The molecule has 4 N–H and O–H groups in total. The monoisotopic (exact) mass is 312 g/mol. The largest absolute Gasteiger partial charge is 0.399 e. The van der Waals surface area contributed by atoms with Gasteiger partial charge in [0.25, 0.3) is 5.69 Å². The molecule has 0 amide bonds. The van der Waals surface area contributed by atoms with E-state index >= 15 is 0 Å². The number of nitrogens with one attached hydrogen (secondary N) is 2. The molecule has 0 saturated heterocycles. The van der Waals surface area contributed by atoms with Crippen LogP contribution in [-0.2, 0) is 10.0 Å². The Bertz CT molecular complexity index is 758. The van der Waals surface area contributed by atoms with E-state index < -0.39 is 31.6 Å². The zero-order valence-electron chi connectivity index (χ0n) is 10.8. The third-order valence-electron chi connectivity index (χ3n) is 2.64. The number of nitrogens with zero attached hydrogens (tertiary/aromatic N) is 3. The second kappa shape index (κ2) is 5.46. The molecule has 0 aliphatic rings. The molecule has 0 saturated carbocycles. The Balaban J connectivity index is 2.38. The van der Waals surface area contributed by atoms with Crippen molar-refractivity contribution in [3.05, 3.63) is 40.5 Å². The van der Waals surface area contributed by atoms with E-state index in [-0.39, 0.29) is 11.5 Å². The van der Waals surface area contributed by atoms with Crippen molar-refractivity contribution in [3.8, 4) is 0 Å². The van der Waals surface area contributed by atoms with E-state index in [1.807, 2.05) is 0 Å². The fourth-order valence-corrected chi connectivity index (χ4v) is 3.04. The Kier molecular flexibility index (Phi) is 3.86. The van der Waals surface area contributed by atoms with Crippen molar-refractivity contribution in [1.82, 2.24) is 19.9 Å². The van der Waals surface area contributed by atoms with Crippen molar-refractivity contribution in [1.29, 1.82) is 0 Å². The van der Waals surface area contributed by atoms with Crippen LogP contribution in [0.15, 0.2) is 29.4 Å². The first-order chi connectivity index (χ1) is 9.81. The van der Waals surface area contributed by atoms with E-state index in [9.17, 15) is 18.5 Å². The predicted octanol–water partition coefficient (Wildman–Crippen LogP) is 0.335. The quantitative estimate of drug-likeness (QED) is 0.408. The van der Waals surface area contributed by atoms with Crippen LogP contribution in [0.5, 0.6) is 0 Å². The Hall–Kier alpha value is -2.53. The van der Waals surface area contributed by atoms with Gasteiger partial charge in [0, 0.05) is 11.8 Å². The number of nitro benzene ring substituents is 1. The first-order valence-corrected chi connectivity index (χ1v) is 7.21. The summed E-state index contributed by atoms with van der Waals surface area (Å²) in [5, 5.41) is 17.1. The number of nitrogen functional groups attached to an aromatic ring is 1. The zero-order valence-corrected chi connectivity index (χ0v) is 11.7. The molecule has 0 fully saturated rings. The number of nitrogens with two attached hydrogens (primary N) is 1. The van der Waals surface area contributed by atoms with Crippen LogP contribution >= 0.6 is 0 Å². The molecule has 0 aliphatic heterocycles. The summed E-state index contributed by atoms with van der Waals surface area (Å²) in [4.78, 5) is 13.5. The SMILES string of the molecule is CC(NS(=O)(=O)c1ccc(N)cc1[N+](=O)[O-])c1ncn[nH]1. The summed E-state index contributed by atoms with van der Waals surface area (Å²) in [6.07, 6.45) is 1.23. The molecule has 1 atom stereocenters. The molecule has 0 bridgehead atoms. The van der Waals surface area contributed by atoms with Crippen molar-refractivity contribution in [3.63, 3.8) is 0 Å². The number of nitro groups is 1. The van der Waals surface area contributed by atoms with E-state index in [1.54, 1.807) is 0 Å². The highest BCUT2D eigenvalue weighted by Crippen LogP contribution is 2.26. The summed E-state index contributed by atoms with van der Waals surface area (Å²) in [6.45, 7) is 1.53. The molecule has 1 unspecified atom stereocenters. The van der Waals surface area contributed by atoms with E-state index in [0.717, 1.165) is 12.1 Å². The number of benzene rings is 1. The van der Waals surface area contributed by atoms with Crippen LogP contribution in [0.25, 0.3) is 0 Å². The minimum Gasteiger partial charge on any atom is -0.399 e. The molecule has 0 radical (unpaired) electrons. The highest BCUT2D eigenvalue weighted by Gasteiger charge is 2.28. The molecule has 11 heteroatoms. The van der Waals surface area contributed by atoms with Gasteiger partial charge in [-0.25, -0.2) is 18.1 Å². The first-order valence-electron chi connectivity index (χ1n) is 5.73. The summed E-state index contributed by atoms with van der Waals surface area (Å²) >= 11 is 0. The maximum atomic E-state index is 12.3. The normalized spacial score (nSPS) is 13.0. The lowest BCUT2D eigenvalue weighted by atomic mass is 10.3. The van der Waals surface area contributed by atoms with Gasteiger partial charge in [-0.2, -0.15) is 5.10 Å². The second-order valence-electron chi connectivity index (χ2n) is 4.20. The van der Waals surface area contributed by atoms with Crippen LogP contribution in [0.2, 0.25) is 0 Å². The van der Waals surface area contributed by atoms with Gasteiger partial charge in [0.1, 0.15) is 12.2 Å². The summed E-state index contributed by atoms with van der Waals surface area (Å²) in [6, 6.07) is 2.63. The van der Waals surface area contributed by atoms with Crippen LogP contribution in [0, 0.1) is 10.1 Å². The van der Waals surface area contributed by atoms with Crippen LogP contribution in [0.1, 0.15) is 18.8 Å².